The summed E-state index contributed by atoms with van der Waals surface area (Å²) in [5, 5.41) is 2.62. The molecule has 0 fully saturated rings. The Morgan fingerprint density at radius 2 is 0.881 bits per heavy atom. The number of hydrogen-bond donors (Lipinski definition) is 0. The number of anilines is 3. The van der Waals surface area contributed by atoms with Crippen molar-refractivity contribution < 1.29 is 0 Å². The quantitative estimate of drug-likeness (QED) is 0.156. The third kappa shape index (κ3) is 5.99. The summed E-state index contributed by atoms with van der Waals surface area (Å²) in [6.07, 6.45) is 0. The zero-order valence-corrected chi connectivity index (χ0v) is 33.9. The SMILES string of the molecule is CC1(C)c2ccccc2-c2cc(N(c3ccc(-c4cc(-c5ccccc5)cc(-c5ccccc5)c4)cc3)c3ccccc3-c3cccc4sc5ccccc5c34)ccc21. The molecule has 10 aromatic rings. The van der Waals surface area contributed by atoms with E-state index >= 15 is 0 Å². The average Bonchev–Trinajstić information content (AvgIpc) is 3.79. The van der Waals surface area contributed by atoms with E-state index in [1.807, 2.05) is 11.3 Å². The van der Waals surface area contributed by atoms with Crippen molar-refractivity contribution >= 4 is 48.6 Å². The Morgan fingerprint density at radius 3 is 1.59 bits per heavy atom. The van der Waals surface area contributed by atoms with Crippen molar-refractivity contribution in [1.82, 2.24) is 0 Å². The lowest BCUT2D eigenvalue weighted by molar-refractivity contribution is 0.660. The fourth-order valence-corrected chi connectivity index (χ4v) is 10.5. The molecular weight excluding hydrogens is 731 g/mol. The molecule has 11 rings (SSSR count). The molecular formula is C57H41NS. The average molecular weight is 772 g/mol. The lowest BCUT2D eigenvalue weighted by Crippen LogP contribution is -2.15. The van der Waals surface area contributed by atoms with Crippen molar-refractivity contribution in [3.8, 4) is 55.6 Å². The van der Waals surface area contributed by atoms with E-state index in [9.17, 15) is 0 Å². The van der Waals surface area contributed by atoms with Crippen LogP contribution in [-0.2, 0) is 5.41 Å². The summed E-state index contributed by atoms with van der Waals surface area (Å²) >= 11 is 1.87. The van der Waals surface area contributed by atoms with Gasteiger partial charge in [0.2, 0.25) is 0 Å². The third-order valence-electron chi connectivity index (χ3n) is 12.3. The Bertz CT molecular complexity index is 3120. The maximum Gasteiger partial charge on any atom is 0.0540 e. The number of rotatable bonds is 7. The third-order valence-corrected chi connectivity index (χ3v) is 13.4. The van der Waals surface area contributed by atoms with Gasteiger partial charge in [0.05, 0.1) is 5.69 Å². The van der Waals surface area contributed by atoms with Gasteiger partial charge in [0.1, 0.15) is 0 Å². The predicted octanol–water partition coefficient (Wildman–Crippen LogP) is 16.5. The first kappa shape index (κ1) is 35.2. The molecule has 0 amide bonds. The van der Waals surface area contributed by atoms with Gasteiger partial charge in [0.15, 0.2) is 0 Å². The summed E-state index contributed by atoms with van der Waals surface area (Å²) in [5.74, 6) is 0. The van der Waals surface area contributed by atoms with E-state index in [4.69, 9.17) is 0 Å². The second-order valence-electron chi connectivity index (χ2n) is 16.1. The van der Waals surface area contributed by atoms with Gasteiger partial charge >= 0.3 is 0 Å². The topological polar surface area (TPSA) is 3.24 Å². The monoisotopic (exact) mass is 771 g/mol. The smallest absolute Gasteiger partial charge is 0.0540 e. The van der Waals surface area contributed by atoms with Crippen LogP contribution in [0.3, 0.4) is 0 Å². The summed E-state index contributed by atoms with van der Waals surface area (Å²) in [6, 6.07) is 78.1. The largest absolute Gasteiger partial charge is 0.310 e. The Labute approximate surface area is 350 Å². The van der Waals surface area contributed by atoms with Crippen LogP contribution in [-0.4, -0.2) is 0 Å². The highest BCUT2D eigenvalue weighted by Crippen LogP contribution is 2.52. The molecule has 0 atom stereocenters. The molecule has 0 saturated heterocycles. The second-order valence-corrected chi connectivity index (χ2v) is 17.2. The first-order valence-corrected chi connectivity index (χ1v) is 21.2. The van der Waals surface area contributed by atoms with Gasteiger partial charge in [-0.25, -0.2) is 0 Å². The summed E-state index contributed by atoms with van der Waals surface area (Å²) in [7, 11) is 0. The number of hydrogen-bond acceptors (Lipinski definition) is 2. The van der Waals surface area contributed by atoms with Gasteiger partial charge in [-0.1, -0.05) is 166 Å². The summed E-state index contributed by atoms with van der Waals surface area (Å²) in [4.78, 5) is 2.47. The molecule has 0 saturated carbocycles. The highest BCUT2D eigenvalue weighted by Gasteiger charge is 2.35. The Balaban J connectivity index is 1.10. The molecule has 1 heterocycles. The molecule has 0 radical (unpaired) electrons. The molecule has 0 spiro atoms. The molecule has 1 aliphatic carbocycles. The van der Waals surface area contributed by atoms with Gasteiger partial charge in [-0.2, -0.15) is 0 Å². The van der Waals surface area contributed by atoms with Crippen LogP contribution in [0.4, 0.5) is 17.1 Å². The first-order chi connectivity index (χ1) is 29.0. The molecule has 59 heavy (non-hydrogen) atoms. The highest BCUT2D eigenvalue weighted by atomic mass is 32.1. The maximum absolute atomic E-state index is 2.47. The van der Waals surface area contributed by atoms with E-state index in [2.05, 4.69) is 231 Å². The number of nitrogens with zero attached hydrogens (tertiary/aromatic N) is 1. The zero-order chi connectivity index (χ0) is 39.5. The normalized spacial score (nSPS) is 12.7. The number of benzene rings is 9. The van der Waals surface area contributed by atoms with Crippen molar-refractivity contribution in [2.75, 3.05) is 4.90 Å². The molecule has 2 heteroatoms. The van der Waals surface area contributed by atoms with E-state index in [-0.39, 0.29) is 5.41 Å². The number of thiophene rings is 1. The van der Waals surface area contributed by atoms with Gasteiger partial charge in [-0.3, -0.25) is 0 Å². The van der Waals surface area contributed by atoms with E-state index in [0.29, 0.717) is 0 Å². The fourth-order valence-electron chi connectivity index (χ4n) is 9.36. The molecule has 9 aromatic carbocycles. The van der Waals surface area contributed by atoms with Gasteiger partial charge in [-0.15, -0.1) is 11.3 Å². The minimum Gasteiger partial charge on any atom is -0.310 e. The molecule has 0 unspecified atom stereocenters. The van der Waals surface area contributed by atoms with Gasteiger partial charge in [0, 0.05) is 42.5 Å². The van der Waals surface area contributed by atoms with Crippen LogP contribution in [0, 0.1) is 0 Å². The van der Waals surface area contributed by atoms with E-state index in [0.717, 1.165) is 17.1 Å². The molecule has 1 aromatic heterocycles. The highest BCUT2D eigenvalue weighted by molar-refractivity contribution is 7.25. The molecule has 1 aliphatic rings. The van der Waals surface area contributed by atoms with Crippen molar-refractivity contribution in [2.24, 2.45) is 0 Å². The minimum atomic E-state index is -0.0720. The molecule has 1 nitrogen and oxygen atoms in total. The van der Waals surface area contributed by atoms with Crippen molar-refractivity contribution in [2.45, 2.75) is 19.3 Å². The van der Waals surface area contributed by atoms with Crippen LogP contribution in [0.15, 0.2) is 212 Å². The van der Waals surface area contributed by atoms with Crippen molar-refractivity contribution in [3.63, 3.8) is 0 Å². The van der Waals surface area contributed by atoms with E-state index in [1.165, 1.54) is 86.9 Å². The lowest BCUT2D eigenvalue weighted by atomic mass is 9.82. The van der Waals surface area contributed by atoms with Crippen molar-refractivity contribution in [3.05, 3.63) is 223 Å². The Hall–Kier alpha value is -7.00. The van der Waals surface area contributed by atoms with Crippen LogP contribution < -0.4 is 4.90 Å². The molecule has 0 aliphatic heterocycles. The second kappa shape index (κ2) is 14.1. The first-order valence-electron chi connectivity index (χ1n) is 20.4. The van der Waals surface area contributed by atoms with E-state index < -0.39 is 0 Å². The van der Waals surface area contributed by atoms with Crippen LogP contribution in [0.2, 0.25) is 0 Å². The summed E-state index contributed by atoms with van der Waals surface area (Å²) in [5.41, 5.74) is 18.3. The fraction of sp³-hybridized carbons (Fsp3) is 0.0526. The zero-order valence-electron chi connectivity index (χ0n) is 33.1. The molecule has 0 bridgehead atoms. The van der Waals surface area contributed by atoms with Gasteiger partial charge in [0.25, 0.3) is 0 Å². The van der Waals surface area contributed by atoms with Crippen molar-refractivity contribution in [1.29, 1.82) is 0 Å². The van der Waals surface area contributed by atoms with Crippen LogP contribution >= 0.6 is 11.3 Å². The van der Waals surface area contributed by atoms with E-state index in [1.54, 1.807) is 0 Å². The predicted molar refractivity (Wildman–Crippen MR) is 253 cm³/mol. The Morgan fingerprint density at radius 1 is 0.356 bits per heavy atom. The number of fused-ring (bicyclic) bond motifs is 6. The Kier molecular flexibility index (Phi) is 8.43. The van der Waals surface area contributed by atoms with Crippen LogP contribution in [0.1, 0.15) is 25.0 Å². The molecule has 280 valence electrons. The summed E-state index contributed by atoms with van der Waals surface area (Å²) < 4.78 is 2.62. The maximum atomic E-state index is 2.47. The van der Waals surface area contributed by atoms with Crippen LogP contribution in [0.25, 0.3) is 75.8 Å². The lowest BCUT2D eigenvalue weighted by Gasteiger charge is -2.29. The van der Waals surface area contributed by atoms with Gasteiger partial charge in [-0.05, 0) is 122 Å². The van der Waals surface area contributed by atoms with Gasteiger partial charge < -0.3 is 4.90 Å². The number of para-hydroxylation sites is 1. The molecule has 0 N–H and O–H groups in total. The standard InChI is InChI=1S/C57H41NS/c1-57(2)51-24-12-9-20-46(51)50-37-45(32-33-52(50)57)58(53-25-13-10-21-47(53)48-23-15-27-55-56(48)49-22-11-14-26-54(49)59-55)44-30-28-40(29-31-44)43-35-41(38-16-5-3-6-17-38)34-42(36-43)39-18-7-4-8-19-39/h3-37H,1-2H3. The minimum absolute atomic E-state index is 0.0720. The van der Waals surface area contributed by atoms with Crippen LogP contribution in [0.5, 0.6) is 0 Å². The summed E-state index contributed by atoms with van der Waals surface area (Å²) in [6.45, 7) is 4.70.